The van der Waals surface area contributed by atoms with E-state index in [4.69, 9.17) is 18.3 Å². The van der Waals surface area contributed by atoms with Crippen LogP contribution in [-0.4, -0.2) is 59.9 Å². The van der Waals surface area contributed by atoms with Gasteiger partial charge in [-0.25, -0.2) is 4.79 Å². The molecule has 8 heteroatoms. The van der Waals surface area contributed by atoms with E-state index in [2.05, 4.69) is 74.3 Å². The highest BCUT2D eigenvalue weighted by atomic mass is 28.4. The highest BCUT2D eigenvalue weighted by Crippen LogP contribution is 2.43. The molecule has 0 aromatic rings. The zero-order chi connectivity index (χ0) is 23.8. The molecule has 1 rings (SSSR count). The Morgan fingerprint density at radius 3 is 2.00 bits per heavy atom. The first-order chi connectivity index (χ1) is 13.4. The third-order valence-corrected chi connectivity index (χ3v) is 15.9. The van der Waals surface area contributed by atoms with Crippen LogP contribution in [0.5, 0.6) is 0 Å². The van der Waals surface area contributed by atoms with Crippen LogP contribution in [0, 0.1) is 0 Å². The van der Waals surface area contributed by atoms with Gasteiger partial charge in [0.05, 0.1) is 13.7 Å². The summed E-state index contributed by atoms with van der Waals surface area (Å²) in [6.07, 6.45) is -0.0172. The van der Waals surface area contributed by atoms with Gasteiger partial charge in [0.2, 0.25) is 11.4 Å². The number of rotatable bonds is 8. The van der Waals surface area contributed by atoms with Crippen LogP contribution >= 0.6 is 0 Å². The molecule has 1 saturated heterocycles. The van der Waals surface area contributed by atoms with Crippen LogP contribution in [0.25, 0.3) is 0 Å². The molecule has 1 aliphatic rings. The van der Waals surface area contributed by atoms with Gasteiger partial charge in [0.25, 0.3) is 0 Å². The molecular weight excluding hydrogens is 416 g/mol. The molecular formula is C22H42O6Si2. The number of esters is 1. The quantitative estimate of drug-likeness (QED) is 0.224. The average molecular weight is 459 g/mol. The van der Waals surface area contributed by atoms with Crippen LogP contribution in [0.2, 0.25) is 36.3 Å². The predicted octanol–water partition coefficient (Wildman–Crippen LogP) is 4.85. The van der Waals surface area contributed by atoms with E-state index in [0.29, 0.717) is 0 Å². The van der Waals surface area contributed by atoms with Gasteiger partial charge in [0.1, 0.15) is 12.2 Å². The second-order valence-electron chi connectivity index (χ2n) is 11.2. The van der Waals surface area contributed by atoms with Crippen LogP contribution in [0.15, 0.2) is 12.7 Å². The van der Waals surface area contributed by atoms with Crippen molar-refractivity contribution in [1.29, 1.82) is 0 Å². The van der Waals surface area contributed by atoms with Crippen molar-refractivity contribution in [3.63, 3.8) is 0 Å². The zero-order valence-electron chi connectivity index (χ0n) is 20.8. The highest BCUT2D eigenvalue weighted by molar-refractivity contribution is 6.74. The van der Waals surface area contributed by atoms with Gasteiger partial charge < -0.3 is 18.3 Å². The lowest BCUT2D eigenvalue weighted by molar-refractivity contribution is -0.171. The first kappa shape index (κ1) is 27.2. The molecule has 6 nitrogen and oxygen atoms in total. The number of methoxy groups -OCH3 is 1. The Labute approximate surface area is 184 Å². The molecule has 1 heterocycles. The van der Waals surface area contributed by atoms with Crippen molar-refractivity contribution in [3.05, 3.63) is 12.7 Å². The van der Waals surface area contributed by atoms with E-state index in [1.54, 1.807) is 0 Å². The van der Waals surface area contributed by atoms with Crippen molar-refractivity contribution in [3.8, 4) is 0 Å². The normalized spacial score (nSPS) is 26.0. The fourth-order valence-corrected chi connectivity index (χ4v) is 5.04. The maximum absolute atomic E-state index is 13.5. The van der Waals surface area contributed by atoms with Gasteiger partial charge in [-0.1, -0.05) is 47.6 Å². The smallest absolute Gasteiger partial charge is 0.346 e. The van der Waals surface area contributed by atoms with Gasteiger partial charge in [-0.05, 0) is 36.3 Å². The van der Waals surface area contributed by atoms with Crippen LogP contribution in [0.1, 0.15) is 48.0 Å². The summed E-state index contributed by atoms with van der Waals surface area (Å²) in [5.41, 5.74) is -1.73. The molecule has 0 radical (unpaired) electrons. The molecule has 0 unspecified atom stereocenters. The number of ketones is 1. The maximum Gasteiger partial charge on any atom is 0.346 e. The maximum atomic E-state index is 13.5. The van der Waals surface area contributed by atoms with Crippen molar-refractivity contribution < 1.29 is 27.9 Å². The summed E-state index contributed by atoms with van der Waals surface area (Å²) in [5.74, 6) is -1.12. The molecule has 0 bridgehead atoms. The Bertz CT molecular complexity index is 660. The molecule has 174 valence electrons. The van der Waals surface area contributed by atoms with E-state index in [9.17, 15) is 9.59 Å². The topological polar surface area (TPSA) is 71.1 Å². The molecule has 3 atom stereocenters. The molecule has 0 spiro atoms. The molecule has 0 aromatic carbocycles. The lowest BCUT2D eigenvalue weighted by Crippen LogP contribution is -2.52. The lowest BCUT2D eigenvalue weighted by Gasteiger charge is -2.40. The van der Waals surface area contributed by atoms with E-state index >= 15 is 0 Å². The summed E-state index contributed by atoms with van der Waals surface area (Å²) in [6.45, 7) is 25.1. The minimum absolute atomic E-state index is 0.00590. The first-order valence-corrected chi connectivity index (χ1v) is 16.4. The van der Waals surface area contributed by atoms with Gasteiger partial charge >= 0.3 is 5.97 Å². The minimum Gasteiger partial charge on any atom is -0.467 e. The molecule has 0 aliphatic carbocycles. The van der Waals surface area contributed by atoms with Gasteiger partial charge in [0.15, 0.2) is 16.6 Å². The molecule has 1 fully saturated rings. The van der Waals surface area contributed by atoms with E-state index in [0.717, 1.165) is 0 Å². The molecule has 1 aliphatic heterocycles. The SMILES string of the molecule is C=CC[C@@]1(C(=O)OC)O[C@H](CO[Si](C)(C)C(C)(C)C)[C@@H](O[Si](C)(C)C(C)(C)C)C1=O. The van der Waals surface area contributed by atoms with Gasteiger partial charge in [-0.3, -0.25) is 4.79 Å². The second-order valence-corrected chi connectivity index (χ2v) is 20.8. The van der Waals surface area contributed by atoms with Crippen molar-refractivity contribution in [2.75, 3.05) is 13.7 Å². The summed E-state index contributed by atoms with van der Waals surface area (Å²) in [4.78, 5) is 26.2. The highest BCUT2D eigenvalue weighted by Gasteiger charge is 2.61. The predicted molar refractivity (Wildman–Crippen MR) is 125 cm³/mol. The summed E-state index contributed by atoms with van der Waals surface area (Å²) < 4.78 is 23.9. The van der Waals surface area contributed by atoms with Crippen LogP contribution in [-0.2, 0) is 27.9 Å². The van der Waals surface area contributed by atoms with Gasteiger partial charge in [0, 0.05) is 6.42 Å². The Kier molecular flexibility index (Phi) is 8.15. The van der Waals surface area contributed by atoms with Crippen LogP contribution < -0.4 is 0 Å². The lowest BCUT2D eigenvalue weighted by atomic mass is 9.93. The number of hydrogen-bond acceptors (Lipinski definition) is 6. The van der Waals surface area contributed by atoms with Crippen molar-refractivity contribution in [1.82, 2.24) is 0 Å². The molecule has 30 heavy (non-hydrogen) atoms. The van der Waals surface area contributed by atoms with Crippen LogP contribution in [0.4, 0.5) is 0 Å². The number of carbonyl (C=O) groups is 2. The summed E-state index contributed by atoms with van der Waals surface area (Å²) >= 11 is 0. The third-order valence-electron chi connectivity index (χ3n) is 6.94. The third kappa shape index (κ3) is 5.32. The monoisotopic (exact) mass is 458 g/mol. The molecule has 0 amide bonds. The van der Waals surface area contributed by atoms with Gasteiger partial charge in [-0.2, -0.15) is 0 Å². The van der Waals surface area contributed by atoms with E-state index < -0.39 is 46.2 Å². The van der Waals surface area contributed by atoms with Gasteiger partial charge in [-0.15, -0.1) is 6.58 Å². The van der Waals surface area contributed by atoms with E-state index in [-0.39, 0.29) is 23.1 Å². The Hall–Kier alpha value is -0.806. The fourth-order valence-electron chi connectivity index (χ4n) is 2.78. The Morgan fingerprint density at radius 1 is 1.10 bits per heavy atom. The fraction of sp³-hybridized carbons (Fsp3) is 0.818. The minimum atomic E-state index is -2.32. The Balaban J connectivity index is 3.34. The average Bonchev–Trinajstić information content (AvgIpc) is 2.84. The largest absolute Gasteiger partial charge is 0.467 e. The summed E-state index contributed by atoms with van der Waals surface area (Å²) in [6, 6.07) is 0. The van der Waals surface area contributed by atoms with Crippen molar-refractivity contribution in [2.45, 2.75) is 102 Å². The van der Waals surface area contributed by atoms with E-state index in [1.807, 2.05) is 0 Å². The zero-order valence-corrected chi connectivity index (χ0v) is 22.8. The first-order valence-electron chi connectivity index (χ1n) is 10.6. The molecule has 0 N–H and O–H groups in total. The number of carbonyl (C=O) groups excluding carboxylic acids is 2. The van der Waals surface area contributed by atoms with Crippen LogP contribution in [0.3, 0.4) is 0 Å². The van der Waals surface area contributed by atoms with E-state index in [1.165, 1.54) is 13.2 Å². The Morgan fingerprint density at radius 2 is 1.60 bits per heavy atom. The molecule has 0 aromatic heterocycles. The van der Waals surface area contributed by atoms with Crippen molar-refractivity contribution >= 4 is 28.4 Å². The standard InChI is InChI=1S/C22H42O6Si2/c1-13-14-22(19(24)25-8)18(23)17(28-30(11,12)21(5,6)7)16(27-22)15-26-29(9,10)20(2,3)4/h13,16-17H,1,14-15H2,2-12H3/t16-,17-,22-/m1/s1. The van der Waals surface area contributed by atoms with Crippen molar-refractivity contribution in [2.24, 2.45) is 0 Å². The second kappa shape index (κ2) is 8.98. The molecule has 0 saturated carbocycles. The number of ether oxygens (including phenoxy) is 2. The summed E-state index contributed by atoms with van der Waals surface area (Å²) in [7, 11) is -3.15. The summed E-state index contributed by atoms with van der Waals surface area (Å²) in [5, 5.41) is -0.0982. The number of Topliss-reactive ketones (excluding diaryl/α,β-unsaturated/α-hetero) is 1. The number of hydrogen-bond donors (Lipinski definition) is 0.